The highest BCUT2D eigenvalue weighted by molar-refractivity contribution is 5.96. The van der Waals surface area contributed by atoms with Crippen LogP contribution in [0.3, 0.4) is 0 Å². The standard InChI is InChI=1S/C12H18N2O/c1-8-6-5-7-9(11(15)14-13)10(8)12(2,3)4/h5-7H,13H2,1-4H3,(H,14,15). The van der Waals surface area contributed by atoms with Crippen molar-refractivity contribution in [1.82, 2.24) is 5.43 Å². The first kappa shape index (κ1) is 11.7. The molecule has 1 rings (SSSR count). The molecule has 3 heteroatoms. The molecule has 0 aliphatic rings. The summed E-state index contributed by atoms with van der Waals surface area (Å²) in [6.45, 7) is 8.27. The molecule has 3 nitrogen and oxygen atoms in total. The van der Waals surface area contributed by atoms with Crippen molar-refractivity contribution in [2.75, 3.05) is 0 Å². The van der Waals surface area contributed by atoms with Crippen molar-refractivity contribution in [2.45, 2.75) is 33.1 Å². The molecule has 0 heterocycles. The van der Waals surface area contributed by atoms with E-state index in [0.29, 0.717) is 5.56 Å². The van der Waals surface area contributed by atoms with E-state index >= 15 is 0 Å². The molecule has 0 aromatic heterocycles. The first-order chi connectivity index (χ1) is 6.88. The molecule has 0 aliphatic heterocycles. The number of nitrogen functional groups attached to an aromatic ring is 1. The molecule has 0 atom stereocenters. The summed E-state index contributed by atoms with van der Waals surface area (Å²) in [5.41, 5.74) is 4.94. The van der Waals surface area contributed by atoms with E-state index in [4.69, 9.17) is 5.84 Å². The fourth-order valence-corrected chi connectivity index (χ4v) is 1.93. The van der Waals surface area contributed by atoms with E-state index in [1.165, 1.54) is 0 Å². The molecule has 0 saturated carbocycles. The van der Waals surface area contributed by atoms with Crippen molar-refractivity contribution < 1.29 is 4.79 Å². The largest absolute Gasteiger partial charge is 0.290 e. The molecule has 0 aliphatic carbocycles. The molecule has 0 unspecified atom stereocenters. The van der Waals surface area contributed by atoms with Gasteiger partial charge in [0, 0.05) is 5.56 Å². The highest BCUT2D eigenvalue weighted by Gasteiger charge is 2.22. The van der Waals surface area contributed by atoms with E-state index in [0.717, 1.165) is 11.1 Å². The molecule has 1 aromatic carbocycles. The third-order valence-electron chi connectivity index (χ3n) is 2.40. The van der Waals surface area contributed by atoms with E-state index in [1.807, 2.05) is 19.1 Å². The molecule has 0 saturated heterocycles. The van der Waals surface area contributed by atoms with Gasteiger partial charge in [-0.3, -0.25) is 10.2 Å². The Kier molecular flexibility index (Phi) is 3.15. The number of rotatable bonds is 1. The molecule has 1 aromatic rings. The van der Waals surface area contributed by atoms with Crippen molar-refractivity contribution >= 4 is 5.91 Å². The zero-order valence-corrected chi connectivity index (χ0v) is 9.72. The zero-order valence-electron chi connectivity index (χ0n) is 9.72. The SMILES string of the molecule is Cc1cccc(C(=O)NN)c1C(C)(C)C. The van der Waals surface area contributed by atoms with E-state index < -0.39 is 0 Å². The lowest BCUT2D eigenvalue weighted by Gasteiger charge is -2.24. The lowest BCUT2D eigenvalue weighted by atomic mass is 9.81. The minimum atomic E-state index is -0.233. The Labute approximate surface area is 90.6 Å². The Morgan fingerprint density at radius 2 is 1.93 bits per heavy atom. The van der Waals surface area contributed by atoms with Crippen molar-refractivity contribution in [3.63, 3.8) is 0 Å². The summed E-state index contributed by atoms with van der Waals surface area (Å²) in [5, 5.41) is 0. The van der Waals surface area contributed by atoms with Gasteiger partial charge in [-0.05, 0) is 29.5 Å². The second kappa shape index (κ2) is 4.03. The van der Waals surface area contributed by atoms with Gasteiger partial charge in [-0.15, -0.1) is 0 Å². The molecule has 1 amide bonds. The fraction of sp³-hybridized carbons (Fsp3) is 0.417. The van der Waals surface area contributed by atoms with Crippen LogP contribution in [0.15, 0.2) is 18.2 Å². The lowest BCUT2D eigenvalue weighted by Crippen LogP contribution is -2.32. The zero-order chi connectivity index (χ0) is 11.6. The predicted octanol–water partition coefficient (Wildman–Crippen LogP) is 1.90. The van der Waals surface area contributed by atoms with Gasteiger partial charge in [0.2, 0.25) is 0 Å². The summed E-state index contributed by atoms with van der Waals surface area (Å²) < 4.78 is 0. The van der Waals surface area contributed by atoms with Gasteiger partial charge < -0.3 is 0 Å². The van der Waals surface area contributed by atoms with Crippen LogP contribution in [-0.4, -0.2) is 5.91 Å². The molecule has 0 bridgehead atoms. The summed E-state index contributed by atoms with van der Waals surface area (Å²) in [5.74, 6) is 4.93. The molecular weight excluding hydrogens is 188 g/mol. The highest BCUT2D eigenvalue weighted by Crippen LogP contribution is 2.28. The van der Waals surface area contributed by atoms with Crippen molar-refractivity contribution in [3.8, 4) is 0 Å². The maximum Gasteiger partial charge on any atom is 0.265 e. The molecule has 15 heavy (non-hydrogen) atoms. The summed E-state index contributed by atoms with van der Waals surface area (Å²) in [6, 6.07) is 5.68. The average Bonchev–Trinajstić information content (AvgIpc) is 2.14. The highest BCUT2D eigenvalue weighted by atomic mass is 16.2. The molecule has 0 fully saturated rings. The van der Waals surface area contributed by atoms with E-state index in [1.54, 1.807) is 6.07 Å². The number of benzene rings is 1. The van der Waals surface area contributed by atoms with Gasteiger partial charge in [0.05, 0.1) is 0 Å². The van der Waals surface area contributed by atoms with Crippen molar-refractivity contribution in [1.29, 1.82) is 0 Å². The number of amides is 1. The van der Waals surface area contributed by atoms with Crippen LogP contribution < -0.4 is 11.3 Å². The average molecular weight is 206 g/mol. The van der Waals surface area contributed by atoms with Crippen LogP contribution in [-0.2, 0) is 5.41 Å². The van der Waals surface area contributed by atoms with Crippen LogP contribution in [0.5, 0.6) is 0 Å². The van der Waals surface area contributed by atoms with Crippen molar-refractivity contribution in [2.24, 2.45) is 5.84 Å². The van der Waals surface area contributed by atoms with E-state index in [2.05, 4.69) is 26.2 Å². The summed E-state index contributed by atoms with van der Waals surface area (Å²) in [4.78, 5) is 11.6. The minimum absolute atomic E-state index is 0.0623. The number of nitrogens with one attached hydrogen (secondary N) is 1. The van der Waals surface area contributed by atoms with Crippen molar-refractivity contribution in [3.05, 3.63) is 34.9 Å². The first-order valence-corrected chi connectivity index (χ1v) is 4.99. The lowest BCUT2D eigenvalue weighted by molar-refractivity contribution is 0.0951. The Hall–Kier alpha value is -1.35. The maximum atomic E-state index is 11.6. The summed E-state index contributed by atoms with van der Waals surface area (Å²) >= 11 is 0. The van der Waals surface area contributed by atoms with Crippen LogP contribution in [0, 0.1) is 6.92 Å². The topological polar surface area (TPSA) is 55.1 Å². The molecule has 82 valence electrons. The minimum Gasteiger partial charge on any atom is -0.290 e. The molecule has 0 radical (unpaired) electrons. The Morgan fingerprint density at radius 1 is 1.33 bits per heavy atom. The monoisotopic (exact) mass is 206 g/mol. The number of carbonyl (C=O) groups excluding carboxylic acids is 1. The van der Waals surface area contributed by atoms with Gasteiger partial charge in [0.15, 0.2) is 0 Å². The molecule has 3 N–H and O–H groups in total. The first-order valence-electron chi connectivity index (χ1n) is 4.99. The quantitative estimate of drug-likeness (QED) is 0.419. The molecule has 0 spiro atoms. The van der Waals surface area contributed by atoms with Gasteiger partial charge in [0.1, 0.15) is 0 Å². The smallest absolute Gasteiger partial charge is 0.265 e. The van der Waals surface area contributed by atoms with Crippen LogP contribution in [0.4, 0.5) is 0 Å². The van der Waals surface area contributed by atoms with Gasteiger partial charge in [0.25, 0.3) is 5.91 Å². The van der Waals surface area contributed by atoms with Crippen LogP contribution in [0.2, 0.25) is 0 Å². The number of hydrogen-bond donors (Lipinski definition) is 2. The van der Waals surface area contributed by atoms with Gasteiger partial charge in [-0.1, -0.05) is 32.9 Å². The summed E-state index contributed by atoms with van der Waals surface area (Å²) in [7, 11) is 0. The third-order valence-corrected chi connectivity index (χ3v) is 2.40. The number of aryl methyl sites for hydroxylation is 1. The normalized spacial score (nSPS) is 11.3. The number of hydrogen-bond acceptors (Lipinski definition) is 2. The van der Waals surface area contributed by atoms with Crippen LogP contribution in [0.25, 0.3) is 0 Å². The Balaban J connectivity index is 3.40. The van der Waals surface area contributed by atoms with Gasteiger partial charge in [-0.2, -0.15) is 0 Å². The Morgan fingerprint density at radius 3 is 2.40 bits per heavy atom. The Bertz CT molecular complexity index is 378. The maximum absolute atomic E-state index is 11.6. The second-order valence-electron chi connectivity index (χ2n) is 4.72. The van der Waals surface area contributed by atoms with Crippen LogP contribution >= 0.6 is 0 Å². The molecular formula is C12H18N2O. The second-order valence-corrected chi connectivity index (χ2v) is 4.72. The number of nitrogens with two attached hydrogens (primary N) is 1. The van der Waals surface area contributed by atoms with Gasteiger partial charge in [-0.25, -0.2) is 5.84 Å². The predicted molar refractivity (Wildman–Crippen MR) is 61.5 cm³/mol. The number of hydrazine groups is 1. The third kappa shape index (κ3) is 2.36. The summed E-state index contributed by atoms with van der Waals surface area (Å²) in [6.07, 6.45) is 0. The van der Waals surface area contributed by atoms with E-state index in [-0.39, 0.29) is 11.3 Å². The fourth-order valence-electron chi connectivity index (χ4n) is 1.93. The van der Waals surface area contributed by atoms with Crippen LogP contribution in [0.1, 0.15) is 42.3 Å². The van der Waals surface area contributed by atoms with Gasteiger partial charge >= 0.3 is 0 Å². The van der Waals surface area contributed by atoms with E-state index in [9.17, 15) is 4.79 Å². The number of carbonyl (C=O) groups is 1.